The molecule has 1 rings (SSSR count). The quantitative estimate of drug-likeness (QED) is 0.402. The lowest BCUT2D eigenvalue weighted by atomic mass is 9.91. The van der Waals surface area contributed by atoms with Crippen LogP contribution in [0.1, 0.15) is 46.0 Å². The van der Waals surface area contributed by atoms with Gasteiger partial charge in [-0.1, -0.05) is 25.0 Å². The molecule has 0 fully saturated rings. The molecule has 0 N–H and O–H groups in total. The van der Waals surface area contributed by atoms with Crippen LogP contribution >= 0.6 is 11.8 Å². The van der Waals surface area contributed by atoms with Crippen molar-refractivity contribution in [1.29, 1.82) is 0 Å². The largest absolute Gasteiger partial charge is 0.450 e. The fraction of sp³-hybridized carbons (Fsp3) is 0.706. The number of rotatable bonds is 6. The Morgan fingerprint density at radius 2 is 2.09 bits per heavy atom. The highest BCUT2D eigenvalue weighted by atomic mass is 32.2. The summed E-state index contributed by atoms with van der Waals surface area (Å²) in [5, 5.41) is -0.241. The summed E-state index contributed by atoms with van der Waals surface area (Å²) < 4.78 is 16.7. The van der Waals surface area contributed by atoms with E-state index in [1.54, 1.807) is 20.5 Å². The number of thioether (sulfide) groups is 1. The average Bonchev–Trinajstić information content (AvgIpc) is 2.77. The Labute approximate surface area is 138 Å². The minimum atomic E-state index is -0.719. The molecule has 0 spiro atoms. The Balaban J connectivity index is 3.07. The summed E-state index contributed by atoms with van der Waals surface area (Å²) >= 11 is 1.10. The van der Waals surface area contributed by atoms with Gasteiger partial charge < -0.3 is 14.2 Å². The normalized spacial score (nSPS) is 21.4. The fourth-order valence-electron chi connectivity index (χ4n) is 2.75. The van der Waals surface area contributed by atoms with Crippen molar-refractivity contribution in [3.05, 3.63) is 23.3 Å². The lowest BCUT2D eigenvalue weighted by Crippen LogP contribution is -2.33. The van der Waals surface area contributed by atoms with E-state index in [0.717, 1.165) is 37.4 Å². The number of carbonyl (C=O) groups excluding carboxylic acids is 1. The van der Waals surface area contributed by atoms with Crippen molar-refractivity contribution in [2.24, 2.45) is 0 Å². The van der Waals surface area contributed by atoms with Crippen LogP contribution in [0.3, 0.4) is 0 Å². The van der Waals surface area contributed by atoms with Gasteiger partial charge in [0.05, 0.1) is 0 Å². The van der Waals surface area contributed by atoms with Gasteiger partial charge in [-0.15, -0.1) is 0 Å². The van der Waals surface area contributed by atoms with Crippen LogP contribution in [0.2, 0.25) is 0 Å². The lowest BCUT2D eigenvalue weighted by molar-refractivity contribution is -0.167. The van der Waals surface area contributed by atoms with E-state index in [9.17, 15) is 4.79 Å². The van der Waals surface area contributed by atoms with Gasteiger partial charge in [0.25, 0.3) is 0 Å². The van der Waals surface area contributed by atoms with E-state index < -0.39 is 5.79 Å². The van der Waals surface area contributed by atoms with Gasteiger partial charge in [0, 0.05) is 20.6 Å². The average molecular weight is 328 g/mol. The van der Waals surface area contributed by atoms with E-state index in [1.165, 1.54) is 11.1 Å². The summed E-state index contributed by atoms with van der Waals surface area (Å²) in [6.45, 7) is 4.10. The van der Waals surface area contributed by atoms with Crippen molar-refractivity contribution in [2.45, 2.75) is 57.8 Å². The molecule has 0 bridgehead atoms. The Bertz CT molecular complexity index is 424. The number of allylic oxidation sites excluding steroid dienone is 1. The van der Waals surface area contributed by atoms with Crippen molar-refractivity contribution in [3.63, 3.8) is 0 Å². The Morgan fingerprint density at radius 1 is 1.41 bits per heavy atom. The molecule has 0 heterocycles. The molecule has 4 nitrogen and oxygen atoms in total. The first-order chi connectivity index (χ1) is 10.5. The molecule has 126 valence electrons. The molecule has 1 unspecified atom stereocenters. The highest BCUT2D eigenvalue weighted by molar-refractivity contribution is 8.12. The minimum Gasteiger partial charge on any atom is -0.450 e. The lowest BCUT2D eigenvalue weighted by Gasteiger charge is -2.32. The molecular formula is C17H28O4S. The van der Waals surface area contributed by atoms with E-state index in [0.29, 0.717) is 6.42 Å². The zero-order valence-electron chi connectivity index (χ0n) is 14.3. The predicted octanol–water partition coefficient (Wildman–Crippen LogP) is 4.70. The minimum absolute atomic E-state index is 0.206. The molecule has 1 atom stereocenters. The molecule has 0 aromatic rings. The summed E-state index contributed by atoms with van der Waals surface area (Å²) in [6, 6.07) is 0. The Morgan fingerprint density at radius 3 is 2.64 bits per heavy atom. The summed E-state index contributed by atoms with van der Waals surface area (Å²) in [7, 11) is 3.33. The monoisotopic (exact) mass is 328 g/mol. The molecule has 5 heteroatoms. The molecule has 0 saturated heterocycles. The van der Waals surface area contributed by atoms with Crippen molar-refractivity contribution >= 4 is 17.1 Å². The van der Waals surface area contributed by atoms with Crippen LogP contribution in [0.15, 0.2) is 23.3 Å². The first-order valence-electron chi connectivity index (χ1n) is 7.73. The van der Waals surface area contributed by atoms with E-state index in [4.69, 9.17) is 14.2 Å². The molecule has 1 aliphatic carbocycles. The standard InChI is InChI=1S/C17H28O4S/c1-6-9-15(17(2,19-3)20-4)13-10-7-8-11-14(12-13)21-16(18)22-5/h8,11,14H,6-7,9-10,12H2,1-5H3/b15-13-. The molecule has 22 heavy (non-hydrogen) atoms. The van der Waals surface area contributed by atoms with Crippen LogP contribution in [0.4, 0.5) is 4.79 Å². The predicted molar refractivity (Wildman–Crippen MR) is 91.1 cm³/mol. The number of carbonyl (C=O) groups is 1. The smallest absolute Gasteiger partial charge is 0.367 e. The maximum atomic E-state index is 11.5. The van der Waals surface area contributed by atoms with Crippen LogP contribution in [0.5, 0.6) is 0 Å². The molecule has 0 aromatic heterocycles. The molecular weight excluding hydrogens is 300 g/mol. The van der Waals surface area contributed by atoms with Gasteiger partial charge in [0.2, 0.25) is 0 Å². The summed E-state index contributed by atoms with van der Waals surface area (Å²) in [4.78, 5) is 11.5. The third kappa shape index (κ3) is 5.14. The van der Waals surface area contributed by atoms with E-state index in [-0.39, 0.29) is 11.4 Å². The first kappa shape index (κ1) is 19.3. The van der Waals surface area contributed by atoms with Gasteiger partial charge in [-0.05, 0) is 55.9 Å². The van der Waals surface area contributed by atoms with Crippen LogP contribution in [0, 0.1) is 0 Å². The maximum absolute atomic E-state index is 11.5. The molecule has 0 saturated carbocycles. The third-order valence-electron chi connectivity index (χ3n) is 4.08. The third-order valence-corrected chi connectivity index (χ3v) is 4.51. The number of methoxy groups -OCH3 is 2. The summed E-state index contributed by atoms with van der Waals surface area (Å²) in [5.41, 5.74) is 2.45. The topological polar surface area (TPSA) is 44.8 Å². The van der Waals surface area contributed by atoms with Gasteiger partial charge in [-0.3, -0.25) is 0 Å². The van der Waals surface area contributed by atoms with E-state index in [2.05, 4.69) is 13.0 Å². The van der Waals surface area contributed by atoms with Gasteiger partial charge in [-0.2, -0.15) is 0 Å². The Kier molecular flexibility index (Phi) is 8.21. The van der Waals surface area contributed by atoms with Gasteiger partial charge in [0.15, 0.2) is 5.79 Å². The second kappa shape index (κ2) is 9.38. The Hall–Kier alpha value is -0.780. The second-order valence-corrected chi connectivity index (χ2v) is 6.21. The molecule has 0 radical (unpaired) electrons. The first-order valence-corrected chi connectivity index (χ1v) is 8.96. The van der Waals surface area contributed by atoms with Crippen molar-refractivity contribution in [2.75, 3.05) is 20.5 Å². The highest BCUT2D eigenvalue weighted by Gasteiger charge is 2.31. The van der Waals surface area contributed by atoms with Gasteiger partial charge in [0.1, 0.15) is 6.10 Å². The van der Waals surface area contributed by atoms with Crippen LogP contribution in [-0.4, -0.2) is 37.7 Å². The zero-order valence-corrected chi connectivity index (χ0v) is 15.1. The second-order valence-electron chi connectivity index (χ2n) is 5.47. The van der Waals surface area contributed by atoms with Crippen LogP contribution < -0.4 is 0 Å². The van der Waals surface area contributed by atoms with Crippen molar-refractivity contribution in [1.82, 2.24) is 0 Å². The number of ether oxygens (including phenoxy) is 3. The zero-order chi connectivity index (χ0) is 16.6. The van der Waals surface area contributed by atoms with Gasteiger partial charge in [-0.25, -0.2) is 4.79 Å². The fourth-order valence-corrected chi connectivity index (χ4v) is 2.97. The summed E-state index contributed by atoms with van der Waals surface area (Å²) in [6.07, 6.45) is 10.1. The highest BCUT2D eigenvalue weighted by Crippen LogP contribution is 2.34. The molecule has 0 amide bonds. The summed E-state index contributed by atoms with van der Waals surface area (Å²) in [5.74, 6) is -0.719. The molecule has 0 aromatic carbocycles. The molecule has 1 aliphatic rings. The van der Waals surface area contributed by atoms with Crippen molar-refractivity contribution < 1.29 is 19.0 Å². The van der Waals surface area contributed by atoms with E-state index in [1.807, 2.05) is 13.0 Å². The van der Waals surface area contributed by atoms with Crippen LogP contribution in [-0.2, 0) is 14.2 Å². The number of hydrogen-bond acceptors (Lipinski definition) is 5. The van der Waals surface area contributed by atoms with Crippen LogP contribution in [0.25, 0.3) is 0 Å². The maximum Gasteiger partial charge on any atom is 0.367 e. The molecule has 0 aliphatic heterocycles. The number of hydrogen-bond donors (Lipinski definition) is 0. The SMILES string of the molecule is CCC/C(=C1\CCC=CC(OC(=O)SC)C1)C(C)(OC)OC. The van der Waals surface area contributed by atoms with Gasteiger partial charge >= 0.3 is 5.30 Å². The van der Waals surface area contributed by atoms with Crippen molar-refractivity contribution in [3.8, 4) is 0 Å². The van der Waals surface area contributed by atoms with E-state index >= 15 is 0 Å².